The Morgan fingerprint density at radius 2 is 1.91 bits per heavy atom. The van der Waals surface area contributed by atoms with E-state index in [2.05, 4.69) is 10.1 Å². The number of nitrogens with one attached hydrogen (secondary N) is 1. The Hall–Kier alpha value is -2.46. The summed E-state index contributed by atoms with van der Waals surface area (Å²) in [6.07, 6.45) is 3.82. The molecule has 1 aliphatic rings. The van der Waals surface area contributed by atoms with Crippen molar-refractivity contribution in [3.63, 3.8) is 0 Å². The summed E-state index contributed by atoms with van der Waals surface area (Å²) in [5.74, 6) is 0.169. The van der Waals surface area contributed by atoms with Crippen LogP contribution in [0.15, 0.2) is 30.3 Å². The Morgan fingerprint density at radius 1 is 1.22 bits per heavy atom. The maximum Gasteiger partial charge on any atom is 0.407 e. The summed E-state index contributed by atoms with van der Waals surface area (Å²) in [5, 5.41) is 2.78. The predicted molar refractivity (Wildman–Crippen MR) is 84.8 cm³/mol. The zero-order valence-electron chi connectivity index (χ0n) is 13.0. The first-order valence-electron chi connectivity index (χ1n) is 7.85. The van der Waals surface area contributed by atoms with Gasteiger partial charge < -0.3 is 15.6 Å². The van der Waals surface area contributed by atoms with Crippen molar-refractivity contribution in [2.24, 2.45) is 11.8 Å². The fraction of sp³-hybridized carbons (Fsp3) is 0.471. The first-order chi connectivity index (χ1) is 11.2. The number of Topliss-reactive ketones (excluding diaryl/α,β-unsaturated/α-hetero) is 1. The second-order valence-corrected chi connectivity index (χ2v) is 5.81. The lowest BCUT2D eigenvalue weighted by atomic mass is 9.80. The number of hydrogen-bond donors (Lipinski definition) is 1. The van der Waals surface area contributed by atoms with E-state index in [1.807, 2.05) is 30.3 Å². The van der Waals surface area contributed by atoms with Crippen LogP contribution in [0.5, 0.6) is 0 Å². The predicted octanol–water partition coefficient (Wildman–Crippen LogP) is 2.59. The summed E-state index contributed by atoms with van der Waals surface area (Å²) in [6, 6.07) is 9.52. The molecule has 0 saturated heterocycles. The van der Waals surface area contributed by atoms with Gasteiger partial charge in [0, 0.05) is 12.5 Å². The molecule has 0 aliphatic heterocycles. The van der Waals surface area contributed by atoms with E-state index in [4.69, 9.17) is 10.3 Å². The number of amides is 1. The minimum atomic E-state index is -0.417. The molecular weight excluding hydrogens is 294 g/mol. The van der Waals surface area contributed by atoms with Gasteiger partial charge in [0.25, 0.3) is 0 Å². The minimum absolute atomic E-state index is 0.0628. The van der Waals surface area contributed by atoms with Gasteiger partial charge in [0.1, 0.15) is 6.61 Å². The first-order valence-corrected chi connectivity index (χ1v) is 7.85. The molecule has 23 heavy (non-hydrogen) atoms. The number of alkyl carbamates (subject to hydrolysis) is 1. The Kier molecular flexibility index (Phi) is 6.51. The summed E-state index contributed by atoms with van der Waals surface area (Å²) < 4.78 is 5.16. The van der Waals surface area contributed by atoms with E-state index < -0.39 is 6.09 Å². The molecule has 0 radical (unpaired) electrons. The molecule has 2 rings (SSSR count). The van der Waals surface area contributed by atoms with Crippen LogP contribution in [0.2, 0.25) is 0 Å². The second-order valence-electron chi connectivity index (χ2n) is 5.81. The Morgan fingerprint density at radius 3 is 2.57 bits per heavy atom. The zero-order chi connectivity index (χ0) is 16.5. The third kappa shape index (κ3) is 5.68. The Bertz CT molecular complexity index is 574. The van der Waals surface area contributed by atoms with Gasteiger partial charge in [0.15, 0.2) is 0 Å². The van der Waals surface area contributed by atoms with Crippen molar-refractivity contribution >= 4 is 18.1 Å². The van der Waals surface area contributed by atoms with Gasteiger partial charge in [-0.05, 0) is 37.2 Å². The number of rotatable bonds is 6. The number of carbonyl (C=O) groups is 2. The molecule has 0 bridgehead atoms. The largest absolute Gasteiger partial charge is 0.445 e. The molecule has 0 spiro atoms. The van der Waals surface area contributed by atoms with Gasteiger partial charge in [-0.3, -0.25) is 4.79 Å². The molecule has 0 heterocycles. The van der Waals surface area contributed by atoms with Crippen molar-refractivity contribution in [1.29, 1.82) is 0 Å². The minimum Gasteiger partial charge on any atom is -0.445 e. The molecular formula is C17H21N3O3. The van der Waals surface area contributed by atoms with E-state index in [9.17, 15) is 9.59 Å². The zero-order valence-corrected chi connectivity index (χ0v) is 13.0. The van der Waals surface area contributed by atoms with Crippen molar-refractivity contribution < 1.29 is 19.1 Å². The molecule has 1 N–H and O–H groups in total. The normalized spacial score (nSPS) is 20.2. The Balaban J connectivity index is 1.64. The fourth-order valence-electron chi connectivity index (χ4n) is 2.82. The molecule has 1 aromatic carbocycles. The van der Waals surface area contributed by atoms with Crippen molar-refractivity contribution in [2.45, 2.75) is 32.3 Å². The number of hydrogen-bond acceptors (Lipinski definition) is 3. The quantitative estimate of drug-likeness (QED) is 0.497. The molecule has 122 valence electrons. The fourth-order valence-corrected chi connectivity index (χ4v) is 2.82. The lowest BCUT2D eigenvalue weighted by Gasteiger charge is -2.26. The van der Waals surface area contributed by atoms with Gasteiger partial charge in [0.05, 0.1) is 0 Å². The highest BCUT2D eigenvalue weighted by Crippen LogP contribution is 2.28. The van der Waals surface area contributed by atoms with Crippen LogP contribution in [-0.2, 0) is 16.1 Å². The summed E-state index contributed by atoms with van der Waals surface area (Å²) >= 11 is 0. The van der Waals surface area contributed by atoms with Gasteiger partial charge >= 0.3 is 12.3 Å². The first kappa shape index (κ1) is 16.9. The highest BCUT2D eigenvalue weighted by molar-refractivity contribution is 6.26. The van der Waals surface area contributed by atoms with Gasteiger partial charge in [-0.2, -0.15) is 4.79 Å². The summed E-state index contributed by atoms with van der Waals surface area (Å²) in [5.41, 5.74) is 9.34. The second kappa shape index (κ2) is 8.86. The van der Waals surface area contributed by atoms with Gasteiger partial charge in [-0.25, -0.2) is 4.79 Å². The van der Waals surface area contributed by atoms with Crippen LogP contribution in [-0.4, -0.2) is 29.4 Å². The van der Waals surface area contributed by atoms with Crippen molar-refractivity contribution in [3.05, 3.63) is 41.4 Å². The van der Waals surface area contributed by atoms with Crippen LogP contribution in [0.4, 0.5) is 4.79 Å². The molecule has 1 aromatic rings. The van der Waals surface area contributed by atoms with E-state index in [1.54, 1.807) is 0 Å². The molecule has 1 saturated carbocycles. The average Bonchev–Trinajstić information content (AvgIpc) is 2.59. The average molecular weight is 315 g/mol. The molecule has 1 aliphatic carbocycles. The standard InChI is InChI=1S/C17H21N3O3/c18-20-11-16(21)15-8-6-13(7-9-15)10-19-17(22)23-12-14-4-2-1-3-5-14/h1-5,11,13,15H,6-10,12H2,(H,19,22). The van der Waals surface area contributed by atoms with Crippen LogP contribution in [0.3, 0.4) is 0 Å². The third-order valence-corrected chi connectivity index (χ3v) is 4.18. The maximum absolute atomic E-state index is 11.7. The highest BCUT2D eigenvalue weighted by atomic mass is 16.5. The molecule has 6 nitrogen and oxygen atoms in total. The van der Waals surface area contributed by atoms with Crippen LogP contribution in [0, 0.1) is 11.8 Å². The highest BCUT2D eigenvalue weighted by Gasteiger charge is 2.27. The van der Waals surface area contributed by atoms with Gasteiger partial charge in [0.2, 0.25) is 5.78 Å². The molecule has 1 fully saturated rings. The number of benzene rings is 1. The molecule has 0 unspecified atom stereocenters. The molecule has 0 aromatic heterocycles. The van der Waals surface area contributed by atoms with Gasteiger partial charge in [-0.1, -0.05) is 30.3 Å². The van der Waals surface area contributed by atoms with E-state index in [0.29, 0.717) is 12.5 Å². The maximum atomic E-state index is 11.7. The van der Waals surface area contributed by atoms with Crippen LogP contribution in [0.1, 0.15) is 31.2 Å². The van der Waals surface area contributed by atoms with Crippen molar-refractivity contribution in [3.8, 4) is 0 Å². The lowest BCUT2D eigenvalue weighted by Crippen LogP contribution is -2.33. The molecule has 1 amide bonds. The number of ketones is 1. The summed E-state index contributed by atoms with van der Waals surface area (Å²) in [7, 11) is 0. The van der Waals surface area contributed by atoms with Crippen LogP contribution in [0.25, 0.3) is 5.53 Å². The SMILES string of the molecule is [N-]=[N+]=CC(=O)C1CCC(CNC(=O)OCc2ccccc2)CC1. The Labute approximate surface area is 135 Å². The van der Waals surface area contributed by atoms with E-state index in [1.165, 1.54) is 0 Å². The van der Waals surface area contributed by atoms with Crippen molar-refractivity contribution in [2.75, 3.05) is 6.54 Å². The van der Waals surface area contributed by atoms with Crippen LogP contribution >= 0.6 is 0 Å². The van der Waals surface area contributed by atoms with Gasteiger partial charge in [-0.15, -0.1) is 0 Å². The number of carbonyl (C=O) groups excluding carboxylic acids is 2. The third-order valence-electron chi connectivity index (χ3n) is 4.18. The van der Waals surface area contributed by atoms with Crippen LogP contribution < -0.4 is 5.32 Å². The topological polar surface area (TPSA) is 91.8 Å². The summed E-state index contributed by atoms with van der Waals surface area (Å²) in [4.78, 5) is 26.1. The van der Waals surface area contributed by atoms with E-state index in [-0.39, 0.29) is 18.3 Å². The monoisotopic (exact) mass is 315 g/mol. The molecule has 0 atom stereocenters. The number of ether oxygens (including phenoxy) is 1. The smallest absolute Gasteiger partial charge is 0.407 e. The molecule has 6 heteroatoms. The van der Waals surface area contributed by atoms with Crippen molar-refractivity contribution in [1.82, 2.24) is 5.32 Å². The summed E-state index contributed by atoms with van der Waals surface area (Å²) in [6.45, 7) is 0.817. The van der Waals surface area contributed by atoms with E-state index >= 15 is 0 Å². The lowest BCUT2D eigenvalue weighted by molar-refractivity contribution is -0.120. The number of nitrogens with zero attached hydrogens (tertiary/aromatic N) is 2. The van der Waals surface area contributed by atoms with E-state index in [0.717, 1.165) is 37.5 Å².